The van der Waals surface area contributed by atoms with Crippen molar-refractivity contribution < 1.29 is 14.7 Å². The van der Waals surface area contributed by atoms with Crippen molar-refractivity contribution in [2.45, 2.75) is 68.5 Å². The number of benzene rings is 2. The number of carboxylic acid groups (broad SMARTS) is 1. The van der Waals surface area contributed by atoms with Crippen LogP contribution in [0.15, 0.2) is 73.1 Å². The predicted octanol–water partition coefficient (Wildman–Crippen LogP) is 3.49. The van der Waals surface area contributed by atoms with Crippen LogP contribution in [0.25, 0.3) is 10.9 Å². The van der Waals surface area contributed by atoms with Crippen LogP contribution in [0, 0.1) is 0 Å². The highest BCUT2D eigenvalue weighted by atomic mass is 16.4. The Balaban J connectivity index is 1.08. The quantitative estimate of drug-likeness (QED) is 0.287. The van der Waals surface area contributed by atoms with Gasteiger partial charge in [0.25, 0.3) is 0 Å². The summed E-state index contributed by atoms with van der Waals surface area (Å²) in [5, 5.41) is 22.9. The van der Waals surface area contributed by atoms with E-state index in [4.69, 9.17) is 4.98 Å². The lowest BCUT2D eigenvalue weighted by Gasteiger charge is -2.32. The van der Waals surface area contributed by atoms with Gasteiger partial charge in [-0.15, -0.1) is 0 Å². The van der Waals surface area contributed by atoms with Crippen LogP contribution in [0.1, 0.15) is 66.0 Å². The number of carboxylic acids is 1. The van der Waals surface area contributed by atoms with Crippen molar-refractivity contribution in [2.75, 3.05) is 11.9 Å². The summed E-state index contributed by atoms with van der Waals surface area (Å²) in [6.07, 6.45) is 8.76. The molecule has 0 bridgehead atoms. The van der Waals surface area contributed by atoms with Crippen molar-refractivity contribution in [2.24, 2.45) is 0 Å². The van der Waals surface area contributed by atoms with E-state index in [9.17, 15) is 14.7 Å². The second kappa shape index (κ2) is 10.6. The number of anilines is 1. The van der Waals surface area contributed by atoms with Gasteiger partial charge in [-0.1, -0.05) is 49.2 Å². The maximum absolute atomic E-state index is 13.1. The number of nitrogens with zero attached hydrogens (tertiary/aromatic N) is 2. The number of nitrogens with one attached hydrogen (secondary N) is 3. The van der Waals surface area contributed by atoms with Gasteiger partial charge in [0, 0.05) is 35.9 Å². The lowest BCUT2D eigenvalue weighted by atomic mass is 9.79. The zero-order valence-electron chi connectivity index (χ0n) is 23.5. The van der Waals surface area contributed by atoms with Gasteiger partial charge in [0.1, 0.15) is 5.82 Å². The van der Waals surface area contributed by atoms with Gasteiger partial charge in [0.15, 0.2) is 0 Å². The van der Waals surface area contributed by atoms with Gasteiger partial charge in [-0.25, -0.2) is 4.98 Å². The van der Waals surface area contributed by atoms with Crippen LogP contribution >= 0.6 is 0 Å². The number of hydrogen-bond acceptors (Lipinski definition) is 7. The number of aliphatic carboxylic acids is 1. The molecule has 0 radical (unpaired) electrons. The van der Waals surface area contributed by atoms with Crippen molar-refractivity contribution in [1.82, 2.24) is 20.6 Å². The minimum absolute atomic E-state index is 0.0224. The maximum Gasteiger partial charge on any atom is 0.237 e. The molecule has 1 amide bonds. The average Bonchev–Trinajstić information content (AvgIpc) is 3.71. The highest BCUT2D eigenvalue weighted by Gasteiger charge is 2.51. The van der Waals surface area contributed by atoms with Gasteiger partial charge in [-0.05, 0) is 85.2 Å². The molecule has 2 atom stereocenters. The second-order valence-corrected chi connectivity index (χ2v) is 12.1. The zero-order chi connectivity index (χ0) is 28.7. The Morgan fingerprint density at radius 2 is 1.79 bits per heavy atom. The van der Waals surface area contributed by atoms with E-state index in [1.807, 2.05) is 36.5 Å². The molecular formula is C34H34N5O3-. The number of pyridine rings is 2. The fourth-order valence-electron chi connectivity index (χ4n) is 7.24. The highest BCUT2D eigenvalue weighted by molar-refractivity contribution is 6.06. The van der Waals surface area contributed by atoms with Crippen molar-refractivity contribution >= 4 is 28.6 Å². The average molecular weight is 561 g/mol. The van der Waals surface area contributed by atoms with E-state index in [0.29, 0.717) is 44.6 Å². The van der Waals surface area contributed by atoms with Crippen molar-refractivity contribution in [3.63, 3.8) is 0 Å². The summed E-state index contributed by atoms with van der Waals surface area (Å²) < 4.78 is 0. The van der Waals surface area contributed by atoms with E-state index >= 15 is 0 Å². The fourth-order valence-corrected chi connectivity index (χ4v) is 7.24. The molecule has 3 N–H and O–H groups in total. The topological polar surface area (TPSA) is 119 Å². The molecule has 2 aromatic heterocycles. The summed E-state index contributed by atoms with van der Waals surface area (Å²) in [5.41, 5.74) is 4.98. The Kier molecular flexibility index (Phi) is 6.75. The van der Waals surface area contributed by atoms with Gasteiger partial charge in [-0.2, -0.15) is 0 Å². The molecule has 1 fully saturated rings. The van der Waals surface area contributed by atoms with Gasteiger partial charge in [0.2, 0.25) is 5.91 Å². The molecule has 42 heavy (non-hydrogen) atoms. The van der Waals surface area contributed by atoms with E-state index < -0.39 is 16.9 Å². The third-order valence-electron chi connectivity index (χ3n) is 9.53. The first kappa shape index (κ1) is 26.7. The molecule has 214 valence electrons. The number of hydrogen-bond donors (Lipinski definition) is 3. The minimum atomic E-state index is -0.988. The molecule has 1 aliphatic heterocycles. The monoisotopic (exact) mass is 560 g/mol. The van der Waals surface area contributed by atoms with Crippen LogP contribution in [0.4, 0.5) is 5.82 Å². The number of carbonyl (C=O) groups is 2. The molecule has 1 spiro atoms. The number of aromatic nitrogens is 2. The van der Waals surface area contributed by atoms with E-state index in [0.717, 1.165) is 46.9 Å². The molecule has 2 aliphatic carbocycles. The molecule has 4 aromatic rings. The van der Waals surface area contributed by atoms with Crippen LogP contribution in [0.3, 0.4) is 0 Å². The minimum Gasteiger partial charge on any atom is -0.548 e. The number of fused-ring (bicyclic) bond motifs is 4. The Morgan fingerprint density at radius 1 is 1.00 bits per heavy atom. The van der Waals surface area contributed by atoms with Crippen LogP contribution in [0.2, 0.25) is 0 Å². The van der Waals surface area contributed by atoms with Crippen molar-refractivity contribution in [3.8, 4) is 0 Å². The van der Waals surface area contributed by atoms with Gasteiger partial charge in [0.05, 0.1) is 22.4 Å². The van der Waals surface area contributed by atoms with Gasteiger partial charge in [-0.3, -0.25) is 9.78 Å². The van der Waals surface area contributed by atoms with Crippen molar-refractivity contribution in [1.29, 1.82) is 0 Å². The van der Waals surface area contributed by atoms with E-state index in [2.05, 4.69) is 51.3 Å². The van der Waals surface area contributed by atoms with Crippen molar-refractivity contribution in [3.05, 3.63) is 101 Å². The van der Waals surface area contributed by atoms with Crippen LogP contribution in [-0.2, 0) is 34.4 Å². The summed E-state index contributed by atoms with van der Waals surface area (Å²) in [5.74, 6) is -0.292. The predicted molar refractivity (Wildman–Crippen MR) is 159 cm³/mol. The second-order valence-electron chi connectivity index (χ2n) is 12.1. The van der Waals surface area contributed by atoms with Crippen LogP contribution in [0.5, 0.6) is 0 Å². The first-order chi connectivity index (χ1) is 20.5. The summed E-state index contributed by atoms with van der Waals surface area (Å²) in [6, 6.07) is 20.7. The Hall–Kier alpha value is -4.14. The molecular weight excluding hydrogens is 526 g/mol. The molecule has 0 saturated heterocycles. The highest BCUT2D eigenvalue weighted by Crippen LogP contribution is 2.47. The maximum atomic E-state index is 13.1. The molecule has 0 unspecified atom stereocenters. The largest absolute Gasteiger partial charge is 0.548 e. The number of amides is 1. The first-order valence-electron chi connectivity index (χ1n) is 14.9. The number of rotatable bonds is 9. The lowest BCUT2D eigenvalue weighted by Crippen LogP contribution is -2.56. The SMILES string of the molecule is O=C([O-])C1(NCC[C@H](NCc2cnc3cc4c(cc3c2)C[C@@]2(C4)C(=O)Nc3ncccc32)c2ccccc2)CCCC1. The number of carbonyl (C=O) groups excluding carboxylic acids is 2. The third-order valence-corrected chi connectivity index (χ3v) is 9.53. The summed E-state index contributed by atoms with van der Waals surface area (Å²) >= 11 is 0. The Morgan fingerprint density at radius 3 is 2.57 bits per heavy atom. The fraction of sp³-hybridized carbons (Fsp3) is 0.353. The standard InChI is InChI=1S/C34H35N5O3/c40-31-33(27-9-6-13-35-30(27)39-31)18-25-16-24-15-22(21-37-29(24)17-26(25)19-33)20-36-28(23-7-2-1-3-8-23)10-14-38-34(32(41)42)11-4-5-12-34/h1-3,6-9,13,15-17,21,28,36,38H,4-5,10-12,14,18-20H2,(H,41,42)(H,35,39,40)/p-1/t28-,33-/m0/s1. The molecule has 2 aromatic carbocycles. The Bertz CT molecular complexity index is 1670. The van der Waals surface area contributed by atoms with Gasteiger partial charge < -0.3 is 25.9 Å². The summed E-state index contributed by atoms with van der Waals surface area (Å²) in [6.45, 7) is 1.20. The first-order valence-corrected chi connectivity index (χ1v) is 14.9. The van der Waals surface area contributed by atoms with Gasteiger partial charge >= 0.3 is 0 Å². The lowest BCUT2D eigenvalue weighted by molar-refractivity contribution is -0.314. The molecule has 8 heteroatoms. The van der Waals surface area contributed by atoms with Crippen LogP contribution < -0.4 is 21.1 Å². The normalized spacial score (nSPS) is 20.9. The molecule has 1 saturated carbocycles. The molecule has 7 rings (SSSR count). The smallest absolute Gasteiger partial charge is 0.237 e. The summed E-state index contributed by atoms with van der Waals surface area (Å²) in [4.78, 5) is 34.2. The Labute approximate surface area is 245 Å². The molecule has 3 heterocycles. The molecule has 8 nitrogen and oxygen atoms in total. The third kappa shape index (κ3) is 4.64. The van der Waals surface area contributed by atoms with Crippen LogP contribution in [-0.4, -0.2) is 33.9 Å². The summed E-state index contributed by atoms with van der Waals surface area (Å²) in [7, 11) is 0. The van der Waals surface area contributed by atoms with E-state index in [-0.39, 0.29) is 11.9 Å². The van der Waals surface area contributed by atoms with E-state index in [1.165, 1.54) is 11.1 Å². The molecule has 3 aliphatic rings. The zero-order valence-corrected chi connectivity index (χ0v) is 23.5. The van der Waals surface area contributed by atoms with E-state index in [1.54, 1.807) is 6.20 Å².